The highest BCUT2D eigenvalue weighted by atomic mass is 15.3. The Morgan fingerprint density at radius 1 is 1.88 bits per heavy atom. The Labute approximate surface area is 50.0 Å². The van der Waals surface area contributed by atoms with E-state index < -0.39 is 0 Å². The molecule has 0 spiro atoms. The average molecular weight is 112 g/mol. The molecule has 46 valence electrons. The molecule has 1 unspecified atom stereocenters. The summed E-state index contributed by atoms with van der Waals surface area (Å²) in [5.74, 6) is 0. The molecule has 0 amide bonds. The molecule has 0 aromatic rings. The Morgan fingerprint density at radius 2 is 2.62 bits per heavy atom. The standard InChI is InChI=1S/C6H12N2/c1-3-6-4-5(2)7-8-6/h5,7H,3-4H2,1-2H3. The van der Waals surface area contributed by atoms with Crippen LogP contribution in [0.5, 0.6) is 0 Å². The minimum absolute atomic E-state index is 0.574. The maximum absolute atomic E-state index is 4.10. The van der Waals surface area contributed by atoms with E-state index in [0.717, 1.165) is 12.8 Å². The van der Waals surface area contributed by atoms with E-state index >= 15 is 0 Å². The molecule has 1 N–H and O–H groups in total. The molecule has 0 aromatic carbocycles. The molecule has 1 heterocycles. The number of hydrazone groups is 1. The normalized spacial score (nSPS) is 27.2. The maximum Gasteiger partial charge on any atom is 0.0464 e. The highest BCUT2D eigenvalue weighted by molar-refractivity contribution is 5.85. The fourth-order valence-corrected chi connectivity index (χ4v) is 0.870. The topological polar surface area (TPSA) is 24.4 Å². The largest absolute Gasteiger partial charge is 0.307 e. The lowest BCUT2D eigenvalue weighted by molar-refractivity contribution is 0.635. The van der Waals surface area contributed by atoms with Crippen LogP contribution in [0, 0.1) is 0 Å². The molecule has 0 aromatic heterocycles. The zero-order valence-electron chi connectivity index (χ0n) is 5.44. The number of nitrogens with zero attached hydrogens (tertiary/aromatic N) is 1. The summed E-state index contributed by atoms with van der Waals surface area (Å²) in [6.07, 6.45) is 2.23. The maximum atomic E-state index is 4.10. The van der Waals surface area contributed by atoms with Gasteiger partial charge in [-0.2, -0.15) is 5.10 Å². The Hall–Kier alpha value is -0.530. The highest BCUT2D eigenvalue weighted by Gasteiger charge is 2.10. The first-order valence-electron chi connectivity index (χ1n) is 3.14. The van der Waals surface area contributed by atoms with Crippen molar-refractivity contribution in [2.45, 2.75) is 32.7 Å². The van der Waals surface area contributed by atoms with Gasteiger partial charge in [-0.1, -0.05) is 6.92 Å². The molecule has 0 aliphatic carbocycles. The monoisotopic (exact) mass is 112 g/mol. The second-order valence-electron chi connectivity index (χ2n) is 2.27. The van der Waals surface area contributed by atoms with Gasteiger partial charge in [-0.25, -0.2) is 0 Å². The first-order valence-corrected chi connectivity index (χ1v) is 3.14. The first kappa shape index (κ1) is 5.60. The predicted molar refractivity (Wildman–Crippen MR) is 34.9 cm³/mol. The van der Waals surface area contributed by atoms with E-state index in [-0.39, 0.29) is 0 Å². The van der Waals surface area contributed by atoms with Gasteiger partial charge in [-0.15, -0.1) is 0 Å². The average Bonchev–Trinajstić information content (AvgIpc) is 2.14. The molecule has 0 saturated heterocycles. The second kappa shape index (κ2) is 2.16. The third-order valence-corrected chi connectivity index (χ3v) is 1.39. The summed E-state index contributed by atoms with van der Waals surface area (Å²) in [6, 6.07) is 0.574. The second-order valence-corrected chi connectivity index (χ2v) is 2.27. The van der Waals surface area contributed by atoms with Crippen LogP contribution in [-0.2, 0) is 0 Å². The van der Waals surface area contributed by atoms with E-state index in [1.807, 2.05) is 0 Å². The van der Waals surface area contributed by atoms with Gasteiger partial charge in [0.1, 0.15) is 0 Å². The lowest BCUT2D eigenvalue weighted by Crippen LogP contribution is -2.13. The van der Waals surface area contributed by atoms with Crippen LogP contribution < -0.4 is 5.43 Å². The van der Waals surface area contributed by atoms with E-state index in [1.54, 1.807) is 0 Å². The lowest BCUT2D eigenvalue weighted by atomic mass is 10.1. The van der Waals surface area contributed by atoms with Crippen molar-refractivity contribution in [2.75, 3.05) is 0 Å². The molecule has 1 aliphatic rings. The molecule has 0 saturated carbocycles. The van der Waals surface area contributed by atoms with Gasteiger partial charge in [0.05, 0.1) is 0 Å². The lowest BCUT2D eigenvalue weighted by Gasteiger charge is -1.96. The minimum atomic E-state index is 0.574. The van der Waals surface area contributed by atoms with Gasteiger partial charge in [0, 0.05) is 18.2 Å². The summed E-state index contributed by atoms with van der Waals surface area (Å²) in [5.41, 5.74) is 4.31. The van der Waals surface area contributed by atoms with Crippen molar-refractivity contribution in [3.05, 3.63) is 0 Å². The molecule has 2 nitrogen and oxygen atoms in total. The van der Waals surface area contributed by atoms with Crippen LogP contribution in [0.3, 0.4) is 0 Å². The number of nitrogens with one attached hydrogen (secondary N) is 1. The molecule has 0 bridgehead atoms. The van der Waals surface area contributed by atoms with Crippen LogP contribution >= 0.6 is 0 Å². The van der Waals surface area contributed by atoms with Crippen LogP contribution in [-0.4, -0.2) is 11.8 Å². The molecule has 2 heteroatoms. The summed E-state index contributed by atoms with van der Waals surface area (Å²) in [6.45, 7) is 4.28. The Bertz CT molecular complexity index is 107. The molecular formula is C6H12N2. The van der Waals surface area contributed by atoms with Crippen molar-refractivity contribution in [1.82, 2.24) is 5.43 Å². The first-order chi connectivity index (χ1) is 3.83. The van der Waals surface area contributed by atoms with Crippen LogP contribution in [0.4, 0.5) is 0 Å². The van der Waals surface area contributed by atoms with Gasteiger partial charge >= 0.3 is 0 Å². The number of hydrogen-bond donors (Lipinski definition) is 1. The van der Waals surface area contributed by atoms with Gasteiger partial charge in [0.15, 0.2) is 0 Å². The zero-order valence-corrected chi connectivity index (χ0v) is 5.44. The third-order valence-electron chi connectivity index (χ3n) is 1.39. The van der Waals surface area contributed by atoms with Gasteiger partial charge < -0.3 is 5.43 Å². The van der Waals surface area contributed by atoms with Crippen LogP contribution in [0.2, 0.25) is 0 Å². The number of rotatable bonds is 1. The smallest absolute Gasteiger partial charge is 0.0464 e. The van der Waals surface area contributed by atoms with Crippen LogP contribution in [0.1, 0.15) is 26.7 Å². The molecule has 0 radical (unpaired) electrons. The van der Waals surface area contributed by atoms with Gasteiger partial charge in [-0.3, -0.25) is 0 Å². The van der Waals surface area contributed by atoms with Gasteiger partial charge in [0.2, 0.25) is 0 Å². The summed E-state index contributed by atoms with van der Waals surface area (Å²) >= 11 is 0. The van der Waals surface area contributed by atoms with Crippen LogP contribution in [0.25, 0.3) is 0 Å². The molecule has 1 rings (SSSR count). The quantitative estimate of drug-likeness (QED) is 0.540. The fraction of sp³-hybridized carbons (Fsp3) is 0.833. The van der Waals surface area contributed by atoms with E-state index in [1.165, 1.54) is 5.71 Å². The minimum Gasteiger partial charge on any atom is -0.307 e. The van der Waals surface area contributed by atoms with E-state index in [2.05, 4.69) is 24.4 Å². The van der Waals surface area contributed by atoms with Crippen molar-refractivity contribution in [3.63, 3.8) is 0 Å². The summed E-state index contributed by atoms with van der Waals surface area (Å²) in [7, 11) is 0. The van der Waals surface area contributed by atoms with Gasteiger partial charge in [0.25, 0.3) is 0 Å². The molecule has 0 fully saturated rings. The van der Waals surface area contributed by atoms with E-state index in [9.17, 15) is 0 Å². The molecule has 8 heavy (non-hydrogen) atoms. The van der Waals surface area contributed by atoms with Crippen molar-refractivity contribution in [1.29, 1.82) is 0 Å². The predicted octanol–water partition coefficient (Wildman–Crippen LogP) is 1.13. The van der Waals surface area contributed by atoms with E-state index in [0.29, 0.717) is 6.04 Å². The Morgan fingerprint density at radius 3 is 2.88 bits per heavy atom. The third kappa shape index (κ3) is 0.997. The van der Waals surface area contributed by atoms with Crippen molar-refractivity contribution >= 4 is 5.71 Å². The molecular weight excluding hydrogens is 100 g/mol. The summed E-state index contributed by atoms with van der Waals surface area (Å²) < 4.78 is 0. The SMILES string of the molecule is CCC1=NNC(C)C1. The van der Waals surface area contributed by atoms with Gasteiger partial charge in [-0.05, 0) is 13.3 Å². The van der Waals surface area contributed by atoms with E-state index in [4.69, 9.17) is 0 Å². The summed E-state index contributed by atoms with van der Waals surface area (Å²) in [5, 5.41) is 4.10. The fourth-order valence-electron chi connectivity index (χ4n) is 0.870. The summed E-state index contributed by atoms with van der Waals surface area (Å²) in [4.78, 5) is 0. The van der Waals surface area contributed by atoms with Crippen molar-refractivity contribution in [3.8, 4) is 0 Å². The zero-order chi connectivity index (χ0) is 5.98. The molecule has 1 aliphatic heterocycles. The highest BCUT2D eigenvalue weighted by Crippen LogP contribution is 2.03. The Balaban J connectivity index is 2.37. The van der Waals surface area contributed by atoms with Crippen molar-refractivity contribution < 1.29 is 0 Å². The number of hydrogen-bond acceptors (Lipinski definition) is 2. The van der Waals surface area contributed by atoms with Crippen molar-refractivity contribution in [2.24, 2.45) is 5.10 Å². The molecule has 1 atom stereocenters. The van der Waals surface area contributed by atoms with Crippen LogP contribution in [0.15, 0.2) is 5.10 Å². The Kier molecular flexibility index (Phi) is 1.51.